The van der Waals surface area contributed by atoms with E-state index in [-0.39, 0.29) is 18.8 Å². The third kappa shape index (κ3) is 8.41. The van der Waals surface area contributed by atoms with Crippen molar-refractivity contribution in [1.82, 2.24) is 15.5 Å². The van der Waals surface area contributed by atoms with Crippen molar-refractivity contribution in [3.63, 3.8) is 0 Å². The lowest BCUT2D eigenvalue weighted by Gasteiger charge is -2.33. The first kappa shape index (κ1) is 27.3. The van der Waals surface area contributed by atoms with E-state index in [1.807, 2.05) is 19.1 Å². The molecule has 2 unspecified atom stereocenters. The summed E-state index contributed by atoms with van der Waals surface area (Å²) in [4.78, 5) is 51.4. The topological polar surface area (TPSA) is 114 Å². The summed E-state index contributed by atoms with van der Waals surface area (Å²) in [7, 11) is 1.22. The van der Waals surface area contributed by atoms with Crippen LogP contribution in [0, 0.1) is 6.92 Å². The highest BCUT2D eigenvalue weighted by molar-refractivity contribution is 7.80. The number of rotatable bonds is 9. The van der Waals surface area contributed by atoms with Crippen LogP contribution in [0.1, 0.15) is 44.9 Å². The van der Waals surface area contributed by atoms with E-state index in [0.29, 0.717) is 5.56 Å². The van der Waals surface area contributed by atoms with Gasteiger partial charge in [0.2, 0.25) is 11.8 Å². The van der Waals surface area contributed by atoms with Crippen LogP contribution in [-0.4, -0.2) is 66.4 Å². The molecule has 0 saturated heterocycles. The molecule has 3 amide bonds. The summed E-state index contributed by atoms with van der Waals surface area (Å²) in [6, 6.07) is 5.08. The van der Waals surface area contributed by atoms with Gasteiger partial charge in [-0.2, -0.15) is 12.6 Å². The lowest BCUT2D eigenvalue weighted by atomic mass is 10.0. The van der Waals surface area contributed by atoms with Gasteiger partial charge in [0.25, 0.3) is 0 Å². The number of thiol groups is 1. The highest BCUT2D eigenvalue weighted by atomic mass is 32.1. The van der Waals surface area contributed by atoms with Crippen LogP contribution in [0.2, 0.25) is 0 Å². The molecule has 10 heteroatoms. The number of ether oxygens (including phenoxy) is 2. The Kier molecular flexibility index (Phi) is 10.5. The van der Waals surface area contributed by atoms with E-state index in [2.05, 4.69) is 28.0 Å². The Balaban J connectivity index is 3.20. The third-order valence-corrected chi connectivity index (χ3v) is 4.75. The van der Waals surface area contributed by atoms with Gasteiger partial charge < -0.3 is 25.0 Å². The molecule has 9 nitrogen and oxygen atoms in total. The summed E-state index contributed by atoms with van der Waals surface area (Å²) in [6.07, 6.45) is -0.761. The van der Waals surface area contributed by atoms with Crippen LogP contribution in [0.4, 0.5) is 4.79 Å². The predicted molar refractivity (Wildman–Crippen MR) is 123 cm³/mol. The molecule has 2 atom stereocenters. The van der Waals surface area contributed by atoms with E-state index in [1.54, 1.807) is 39.8 Å². The average molecular weight is 468 g/mol. The highest BCUT2D eigenvalue weighted by Crippen LogP contribution is 2.23. The molecule has 1 aromatic carbocycles. The number of likely N-dealkylation sites (N-methyl/N-ethyl adjacent to an activating group) is 1. The number of hydrogen-bond donors (Lipinski definition) is 3. The van der Waals surface area contributed by atoms with Gasteiger partial charge in [-0.1, -0.05) is 29.8 Å². The van der Waals surface area contributed by atoms with Gasteiger partial charge in [-0.15, -0.1) is 0 Å². The molecular weight excluding hydrogens is 434 g/mol. The van der Waals surface area contributed by atoms with Crippen molar-refractivity contribution in [2.24, 2.45) is 0 Å². The molecule has 32 heavy (non-hydrogen) atoms. The fourth-order valence-corrected chi connectivity index (χ4v) is 3.10. The van der Waals surface area contributed by atoms with Crippen LogP contribution in [0.5, 0.6) is 0 Å². The van der Waals surface area contributed by atoms with Crippen LogP contribution >= 0.6 is 12.6 Å². The SMILES string of the molecule is CCN(C(=O)C(CS)NC(=O)OC(C)(C)C)C(C(=O)NCC(=O)OC)c1ccc(C)cc1. The van der Waals surface area contributed by atoms with Crippen LogP contribution in [0.15, 0.2) is 24.3 Å². The molecule has 0 aliphatic heterocycles. The second-order valence-electron chi connectivity index (χ2n) is 8.11. The van der Waals surface area contributed by atoms with E-state index in [4.69, 9.17) is 4.74 Å². The number of nitrogens with one attached hydrogen (secondary N) is 2. The Labute approximate surface area is 194 Å². The zero-order chi connectivity index (χ0) is 24.5. The minimum atomic E-state index is -1.03. The monoisotopic (exact) mass is 467 g/mol. The van der Waals surface area contributed by atoms with Crippen LogP contribution < -0.4 is 10.6 Å². The zero-order valence-electron chi connectivity index (χ0n) is 19.4. The summed E-state index contributed by atoms with van der Waals surface area (Å²) in [5.74, 6) is -1.68. The van der Waals surface area contributed by atoms with E-state index in [1.165, 1.54) is 12.0 Å². The highest BCUT2D eigenvalue weighted by Gasteiger charge is 2.35. The van der Waals surface area contributed by atoms with Crippen molar-refractivity contribution >= 4 is 36.5 Å². The van der Waals surface area contributed by atoms with Crippen molar-refractivity contribution in [2.75, 3.05) is 26.0 Å². The lowest BCUT2D eigenvalue weighted by Crippen LogP contribution is -2.54. The maximum Gasteiger partial charge on any atom is 0.408 e. The molecule has 0 radical (unpaired) electrons. The quantitative estimate of drug-likeness (QED) is 0.378. The maximum atomic E-state index is 13.3. The van der Waals surface area contributed by atoms with Crippen LogP contribution in [0.25, 0.3) is 0 Å². The minimum absolute atomic E-state index is 0.00102. The number of nitrogens with zero attached hydrogens (tertiary/aromatic N) is 1. The number of carbonyl (C=O) groups excluding carboxylic acids is 4. The molecule has 0 aliphatic carbocycles. The van der Waals surface area contributed by atoms with E-state index >= 15 is 0 Å². The number of carbonyl (C=O) groups is 4. The Morgan fingerprint density at radius 2 is 1.72 bits per heavy atom. The van der Waals surface area contributed by atoms with Crippen LogP contribution in [-0.2, 0) is 23.9 Å². The summed E-state index contributed by atoms with van der Waals surface area (Å²) in [5, 5.41) is 5.02. The van der Waals surface area contributed by atoms with Crippen molar-refractivity contribution in [3.8, 4) is 0 Å². The number of alkyl carbamates (subject to hydrolysis) is 1. The number of methoxy groups -OCH3 is 1. The summed E-state index contributed by atoms with van der Waals surface area (Å²) in [6.45, 7) is 8.58. The Morgan fingerprint density at radius 1 is 1.12 bits per heavy atom. The molecule has 0 heterocycles. The molecule has 0 fully saturated rings. The number of esters is 1. The number of hydrogen-bond acceptors (Lipinski definition) is 7. The second kappa shape index (κ2) is 12.3. The Bertz CT molecular complexity index is 807. The molecule has 1 aromatic rings. The Hall–Kier alpha value is -2.75. The molecule has 0 spiro atoms. The first-order valence-corrected chi connectivity index (χ1v) is 10.9. The number of amides is 3. The van der Waals surface area contributed by atoms with E-state index in [0.717, 1.165) is 5.56 Å². The summed E-state index contributed by atoms with van der Waals surface area (Å²) in [5.41, 5.74) is 0.803. The van der Waals surface area contributed by atoms with Crippen molar-refractivity contribution in [3.05, 3.63) is 35.4 Å². The van der Waals surface area contributed by atoms with Gasteiger partial charge in [-0.25, -0.2) is 4.79 Å². The third-order valence-electron chi connectivity index (χ3n) is 4.38. The summed E-state index contributed by atoms with van der Waals surface area (Å²) < 4.78 is 9.80. The lowest BCUT2D eigenvalue weighted by molar-refractivity contribution is -0.144. The van der Waals surface area contributed by atoms with Gasteiger partial charge >= 0.3 is 12.1 Å². The first-order chi connectivity index (χ1) is 14.9. The van der Waals surface area contributed by atoms with Gasteiger partial charge in [-0.05, 0) is 40.2 Å². The molecule has 0 saturated carbocycles. The van der Waals surface area contributed by atoms with Gasteiger partial charge in [0.05, 0.1) is 7.11 Å². The largest absolute Gasteiger partial charge is 0.468 e. The van der Waals surface area contributed by atoms with Gasteiger partial charge in [0.15, 0.2) is 0 Å². The summed E-state index contributed by atoms with van der Waals surface area (Å²) >= 11 is 4.20. The van der Waals surface area contributed by atoms with E-state index < -0.39 is 41.6 Å². The maximum absolute atomic E-state index is 13.3. The smallest absolute Gasteiger partial charge is 0.408 e. The fourth-order valence-electron chi connectivity index (χ4n) is 2.85. The molecule has 0 aliphatic rings. The normalized spacial score (nSPS) is 12.8. The Morgan fingerprint density at radius 3 is 2.19 bits per heavy atom. The number of aryl methyl sites for hydroxylation is 1. The van der Waals surface area contributed by atoms with Crippen molar-refractivity contribution < 1.29 is 28.7 Å². The van der Waals surface area contributed by atoms with Crippen molar-refractivity contribution in [1.29, 1.82) is 0 Å². The fraction of sp³-hybridized carbons (Fsp3) is 0.545. The first-order valence-electron chi connectivity index (χ1n) is 10.2. The molecule has 0 aromatic heterocycles. The molecule has 1 rings (SSSR count). The molecule has 0 bridgehead atoms. The predicted octanol–water partition coefficient (Wildman–Crippen LogP) is 2.00. The minimum Gasteiger partial charge on any atom is -0.468 e. The molecule has 178 valence electrons. The molecular formula is C22H33N3O6S. The second-order valence-corrected chi connectivity index (χ2v) is 8.48. The van der Waals surface area contributed by atoms with E-state index in [9.17, 15) is 19.2 Å². The number of benzene rings is 1. The molecule has 2 N–H and O–H groups in total. The van der Waals surface area contributed by atoms with Gasteiger partial charge in [0.1, 0.15) is 24.2 Å². The van der Waals surface area contributed by atoms with Gasteiger partial charge in [-0.3, -0.25) is 14.4 Å². The van der Waals surface area contributed by atoms with Crippen molar-refractivity contribution in [2.45, 2.75) is 52.3 Å². The van der Waals surface area contributed by atoms with Crippen LogP contribution in [0.3, 0.4) is 0 Å². The van der Waals surface area contributed by atoms with Gasteiger partial charge in [0, 0.05) is 12.3 Å². The average Bonchev–Trinajstić information content (AvgIpc) is 2.72. The zero-order valence-corrected chi connectivity index (χ0v) is 20.3. The standard InChI is InChI=1S/C22H33N3O6S/c1-7-25(20(28)16(13-32)24-21(29)31-22(3,4)5)18(15-10-8-14(2)9-11-15)19(27)23-12-17(26)30-6/h8-11,16,18,32H,7,12-13H2,1-6H3,(H,23,27)(H,24,29).